The molecule has 1 saturated heterocycles. The number of ether oxygens (including phenoxy) is 1. The molecule has 2 aliphatic rings. The molecule has 0 aromatic heterocycles. The van der Waals surface area contributed by atoms with Gasteiger partial charge in [-0.3, -0.25) is 9.69 Å². The van der Waals surface area contributed by atoms with Crippen molar-refractivity contribution >= 4 is 5.91 Å². The van der Waals surface area contributed by atoms with Crippen molar-refractivity contribution in [2.75, 3.05) is 32.8 Å². The van der Waals surface area contributed by atoms with Gasteiger partial charge < -0.3 is 15.0 Å². The molecule has 0 unspecified atom stereocenters. The number of benzene rings is 1. The van der Waals surface area contributed by atoms with Crippen LogP contribution in [0.3, 0.4) is 0 Å². The van der Waals surface area contributed by atoms with Gasteiger partial charge in [-0.1, -0.05) is 18.2 Å². The van der Waals surface area contributed by atoms with Crippen molar-refractivity contribution < 1.29 is 9.53 Å². The summed E-state index contributed by atoms with van der Waals surface area (Å²) in [6.45, 7) is 9.26. The standard InChI is InChI=1S/C19H29N3O2/c1-15(2)22-9-7-17(8-10-22)20-19(23)14-21-11-12-24-18-6-4-3-5-16(18)13-21/h3-6,15,17H,7-14H2,1-2H3,(H,20,23). The number of carbonyl (C=O) groups is 1. The van der Waals surface area contributed by atoms with Gasteiger partial charge in [-0.05, 0) is 32.8 Å². The summed E-state index contributed by atoms with van der Waals surface area (Å²) in [6, 6.07) is 9.01. The largest absolute Gasteiger partial charge is 0.492 e. The van der Waals surface area contributed by atoms with E-state index in [4.69, 9.17) is 4.74 Å². The number of carbonyl (C=O) groups excluding carboxylic acids is 1. The molecule has 0 aliphatic carbocycles. The number of fused-ring (bicyclic) bond motifs is 1. The van der Waals surface area contributed by atoms with Crippen LogP contribution >= 0.6 is 0 Å². The molecule has 2 aliphatic heterocycles. The van der Waals surface area contributed by atoms with Crippen molar-refractivity contribution in [3.05, 3.63) is 29.8 Å². The summed E-state index contributed by atoms with van der Waals surface area (Å²) in [6.07, 6.45) is 2.10. The van der Waals surface area contributed by atoms with Crippen LogP contribution in [0.15, 0.2) is 24.3 Å². The van der Waals surface area contributed by atoms with E-state index in [9.17, 15) is 4.79 Å². The quantitative estimate of drug-likeness (QED) is 0.915. The van der Waals surface area contributed by atoms with Crippen LogP contribution in [0.1, 0.15) is 32.3 Å². The Bertz CT molecular complexity index is 553. The second kappa shape index (κ2) is 7.99. The Hall–Kier alpha value is -1.59. The molecular formula is C19H29N3O2. The number of nitrogens with zero attached hydrogens (tertiary/aromatic N) is 2. The zero-order valence-electron chi connectivity index (χ0n) is 14.8. The molecule has 1 fully saturated rings. The fraction of sp³-hybridized carbons (Fsp3) is 0.632. The van der Waals surface area contributed by atoms with E-state index < -0.39 is 0 Å². The minimum Gasteiger partial charge on any atom is -0.492 e. The summed E-state index contributed by atoms with van der Waals surface area (Å²) >= 11 is 0. The summed E-state index contributed by atoms with van der Waals surface area (Å²) in [7, 11) is 0. The summed E-state index contributed by atoms with van der Waals surface area (Å²) in [5.41, 5.74) is 1.16. The highest BCUT2D eigenvalue weighted by atomic mass is 16.5. The average molecular weight is 331 g/mol. The third-order valence-corrected chi connectivity index (χ3v) is 5.02. The maximum absolute atomic E-state index is 12.4. The predicted octanol–water partition coefficient (Wildman–Crippen LogP) is 1.87. The first kappa shape index (κ1) is 17.2. The highest BCUT2D eigenvalue weighted by Gasteiger charge is 2.23. The zero-order valence-corrected chi connectivity index (χ0v) is 14.8. The van der Waals surface area contributed by atoms with E-state index in [0.717, 1.165) is 50.3 Å². The Balaban J connectivity index is 1.47. The van der Waals surface area contributed by atoms with Gasteiger partial charge in [-0.25, -0.2) is 0 Å². The summed E-state index contributed by atoms with van der Waals surface area (Å²) in [5, 5.41) is 3.22. The fourth-order valence-corrected chi connectivity index (χ4v) is 3.55. The zero-order chi connectivity index (χ0) is 16.9. The molecule has 132 valence electrons. The number of hydrogen-bond acceptors (Lipinski definition) is 4. The molecule has 3 rings (SSSR count). The van der Waals surface area contributed by atoms with Gasteiger partial charge in [0.1, 0.15) is 12.4 Å². The molecular weight excluding hydrogens is 302 g/mol. The van der Waals surface area contributed by atoms with Crippen LogP contribution in [0.2, 0.25) is 0 Å². The Morgan fingerprint density at radius 1 is 1.25 bits per heavy atom. The maximum Gasteiger partial charge on any atom is 0.234 e. The van der Waals surface area contributed by atoms with Crippen LogP contribution in [0.4, 0.5) is 0 Å². The molecule has 2 heterocycles. The summed E-state index contributed by atoms with van der Waals surface area (Å²) in [5.74, 6) is 1.08. The summed E-state index contributed by atoms with van der Waals surface area (Å²) < 4.78 is 5.77. The lowest BCUT2D eigenvalue weighted by atomic mass is 10.0. The Kier molecular flexibility index (Phi) is 5.74. The number of para-hydroxylation sites is 1. The van der Waals surface area contributed by atoms with Crippen LogP contribution < -0.4 is 10.1 Å². The molecule has 5 heteroatoms. The van der Waals surface area contributed by atoms with Crippen LogP contribution in [-0.2, 0) is 11.3 Å². The van der Waals surface area contributed by atoms with Crippen molar-refractivity contribution in [1.82, 2.24) is 15.1 Å². The molecule has 0 atom stereocenters. The van der Waals surface area contributed by atoms with Gasteiger partial charge >= 0.3 is 0 Å². The molecule has 0 bridgehead atoms. The number of hydrogen-bond donors (Lipinski definition) is 1. The monoisotopic (exact) mass is 331 g/mol. The van der Waals surface area contributed by atoms with Gasteiger partial charge in [0.25, 0.3) is 0 Å². The van der Waals surface area contributed by atoms with Gasteiger partial charge in [0.2, 0.25) is 5.91 Å². The highest BCUT2D eigenvalue weighted by Crippen LogP contribution is 2.22. The normalized spacial score (nSPS) is 20.3. The molecule has 0 radical (unpaired) electrons. The van der Waals surface area contributed by atoms with E-state index in [1.165, 1.54) is 0 Å². The summed E-state index contributed by atoms with van der Waals surface area (Å²) in [4.78, 5) is 17.1. The molecule has 24 heavy (non-hydrogen) atoms. The van der Waals surface area contributed by atoms with Crippen LogP contribution in [-0.4, -0.2) is 60.6 Å². The van der Waals surface area contributed by atoms with E-state index in [1.54, 1.807) is 0 Å². The minimum atomic E-state index is 0.136. The lowest BCUT2D eigenvalue weighted by Crippen LogP contribution is -2.48. The number of nitrogens with one attached hydrogen (secondary N) is 1. The number of likely N-dealkylation sites (tertiary alicyclic amines) is 1. The minimum absolute atomic E-state index is 0.136. The Labute approximate surface area is 145 Å². The molecule has 1 amide bonds. The number of piperidine rings is 1. The highest BCUT2D eigenvalue weighted by molar-refractivity contribution is 5.78. The van der Waals surface area contributed by atoms with Gasteiger partial charge in [-0.2, -0.15) is 0 Å². The average Bonchev–Trinajstić information content (AvgIpc) is 2.76. The third-order valence-electron chi connectivity index (χ3n) is 5.02. The fourth-order valence-electron chi connectivity index (χ4n) is 3.55. The first-order valence-corrected chi connectivity index (χ1v) is 9.08. The predicted molar refractivity (Wildman–Crippen MR) is 95.1 cm³/mol. The molecule has 5 nitrogen and oxygen atoms in total. The second-order valence-electron chi connectivity index (χ2n) is 7.14. The molecule has 1 aromatic rings. The van der Waals surface area contributed by atoms with Crippen LogP contribution in [0.5, 0.6) is 5.75 Å². The smallest absolute Gasteiger partial charge is 0.234 e. The Morgan fingerprint density at radius 3 is 2.75 bits per heavy atom. The third kappa shape index (κ3) is 4.48. The molecule has 1 N–H and O–H groups in total. The number of amides is 1. The van der Waals surface area contributed by atoms with Crippen LogP contribution in [0, 0.1) is 0 Å². The lowest BCUT2D eigenvalue weighted by molar-refractivity contribution is -0.123. The van der Waals surface area contributed by atoms with E-state index in [0.29, 0.717) is 25.2 Å². The van der Waals surface area contributed by atoms with Crippen molar-refractivity contribution in [2.45, 2.75) is 45.3 Å². The van der Waals surface area contributed by atoms with E-state index in [1.807, 2.05) is 18.2 Å². The van der Waals surface area contributed by atoms with E-state index >= 15 is 0 Å². The second-order valence-corrected chi connectivity index (χ2v) is 7.14. The van der Waals surface area contributed by atoms with Crippen LogP contribution in [0.25, 0.3) is 0 Å². The SMILES string of the molecule is CC(C)N1CCC(NC(=O)CN2CCOc3ccccc3C2)CC1. The Morgan fingerprint density at radius 2 is 2.00 bits per heavy atom. The first-order valence-electron chi connectivity index (χ1n) is 9.08. The van der Waals surface area contributed by atoms with E-state index in [-0.39, 0.29) is 5.91 Å². The first-order chi connectivity index (χ1) is 11.6. The van der Waals surface area contributed by atoms with Gasteiger partial charge in [0.15, 0.2) is 0 Å². The molecule has 0 spiro atoms. The van der Waals surface area contributed by atoms with Gasteiger partial charge in [0.05, 0.1) is 6.54 Å². The van der Waals surface area contributed by atoms with Crippen molar-refractivity contribution in [2.24, 2.45) is 0 Å². The number of rotatable bonds is 4. The van der Waals surface area contributed by atoms with Crippen molar-refractivity contribution in [3.63, 3.8) is 0 Å². The van der Waals surface area contributed by atoms with Gasteiger partial charge in [-0.15, -0.1) is 0 Å². The molecule has 1 aromatic carbocycles. The van der Waals surface area contributed by atoms with Crippen molar-refractivity contribution in [3.8, 4) is 5.75 Å². The van der Waals surface area contributed by atoms with Gasteiger partial charge in [0, 0.05) is 43.8 Å². The molecule has 0 saturated carbocycles. The topological polar surface area (TPSA) is 44.8 Å². The maximum atomic E-state index is 12.4. The lowest BCUT2D eigenvalue weighted by Gasteiger charge is -2.35. The van der Waals surface area contributed by atoms with Crippen molar-refractivity contribution in [1.29, 1.82) is 0 Å². The van der Waals surface area contributed by atoms with E-state index in [2.05, 4.69) is 35.0 Å².